The molecule has 0 aromatic heterocycles. The molecule has 21 heavy (non-hydrogen) atoms. The molecule has 0 radical (unpaired) electrons. The third kappa shape index (κ3) is 4.17. The molecule has 0 bridgehead atoms. The molecule has 2 N–H and O–H groups in total. The lowest BCUT2D eigenvalue weighted by Gasteiger charge is -2.27. The molecule has 1 aromatic carbocycles. The smallest absolute Gasteiger partial charge is 0.323 e. The first-order valence-corrected chi connectivity index (χ1v) is 7.51. The quantitative estimate of drug-likeness (QED) is 0.865. The van der Waals surface area contributed by atoms with Crippen LogP contribution in [0.2, 0.25) is 0 Å². The number of halogens is 2. The largest absolute Gasteiger partial charge is 0.480 e. The Hall–Kier alpha value is -1.63. The predicted molar refractivity (Wildman–Crippen MR) is 79.7 cm³/mol. The summed E-state index contributed by atoms with van der Waals surface area (Å²) in [5.74, 6) is -1.47. The number of carbonyl (C=O) groups excluding carboxylic acids is 1. The van der Waals surface area contributed by atoms with E-state index in [0.29, 0.717) is 5.69 Å². The van der Waals surface area contributed by atoms with Crippen LogP contribution >= 0.6 is 15.9 Å². The van der Waals surface area contributed by atoms with Gasteiger partial charge in [0.05, 0.1) is 4.47 Å². The summed E-state index contributed by atoms with van der Waals surface area (Å²) >= 11 is 3.05. The van der Waals surface area contributed by atoms with E-state index >= 15 is 0 Å². The molecular formula is C14H16BrFN2O3. The van der Waals surface area contributed by atoms with Crippen molar-refractivity contribution in [3.63, 3.8) is 0 Å². The van der Waals surface area contributed by atoms with Crippen molar-refractivity contribution < 1.29 is 19.1 Å². The van der Waals surface area contributed by atoms with Gasteiger partial charge in [-0.05, 0) is 47.0 Å². The minimum atomic E-state index is -1.04. The number of benzene rings is 1. The average Bonchev–Trinajstić information content (AvgIpc) is 2.93. The van der Waals surface area contributed by atoms with Crippen LogP contribution in [0, 0.1) is 5.82 Å². The van der Waals surface area contributed by atoms with Crippen LogP contribution in [-0.2, 0) is 4.79 Å². The molecule has 0 spiro atoms. The molecule has 5 nitrogen and oxygen atoms in total. The Balaban J connectivity index is 2.09. The third-order valence-corrected chi connectivity index (χ3v) is 4.11. The van der Waals surface area contributed by atoms with Gasteiger partial charge in [-0.25, -0.2) is 9.18 Å². The fourth-order valence-electron chi connectivity index (χ4n) is 2.50. The topological polar surface area (TPSA) is 69.6 Å². The summed E-state index contributed by atoms with van der Waals surface area (Å²) in [6.45, 7) is -0.334. The number of urea groups is 1. The second-order valence-electron chi connectivity index (χ2n) is 5.02. The van der Waals surface area contributed by atoms with Gasteiger partial charge < -0.3 is 15.3 Å². The van der Waals surface area contributed by atoms with E-state index in [-0.39, 0.29) is 17.1 Å². The Kier molecular flexibility index (Phi) is 5.17. The molecule has 1 aromatic rings. The molecule has 2 amide bonds. The predicted octanol–water partition coefficient (Wildman–Crippen LogP) is 3.45. The van der Waals surface area contributed by atoms with Crippen molar-refractivity contribution >= 4 is 33.6 Å². The second-order valence-corrected chi connectivity index (χ2v) is 5.87. The molecule has 114 valence electrons. The van der Waals surface area contributed by atoms with Crippen LogP contribution in [0.15, 0.2) is 22.7 Å². The zero-order valence-electron chi connectivity index (χ0n) is 11.3. The molecule has 1 aliphatic carbocycles. The van der Waals surface area contributed by atoms with Crippen molar-refractivity contribution in [2.45, 2.75) is 31.7 Å². The van der Waals surface area contributed by atoms with Crippen LogP contribution in [0.25, 0.3) is 0 Å². The van der Waals surface area contributed by atoms with Crippen molar-refractivity contribution in [3.8, 4) is 0 Å². The van der Waals surface area contributed by atoms with Crippen LogP contribution in [0.5, 0.6) is 0 Å². The van der Waals surface area contributed by atoms with Gasteiger partial charge in [-0.3, -0.25) is 4.79 Å². The van der Waals surface area contributed by atoms with E-state index in [0.717, 1.165) is 25.7 Å². The number of amides is 2. The zero-order valence-corrected chi connectivity index (χ0v) is 12.9. The molecule has 1 aliphatic rings. The number of hydrogen-bond donors (Lipinski definition) is 2. The van der Waals surface area contributed by atoms with Crippen molar-refractivity contribution in [1.82, 2.24) is 4.90 Å². The summed E-state index contributed by atoms with van der Waals surface area (Å²) in [7, 11) is 0. The maximum Gasteiger partial charge on any atom is 0.323 e. The van der Waals surface area contributed by atoms with Gasteiger partial charge in [-0.2, -0.15) is 0 Å². The summed E-state index contributed by atoms with van der Waals surface area (Å²) in [5, 5.41) is 11.6. The Morgan fingerprint density at radius 1 is 1.38 bits per heavy atom. The number of hydrogen-bond acceptors (Lipinski definition) is 2. The fourth-order valence-corrected chi connectivity index (χ4v) is 2.88. The number of carboxylic acids is 1. The molecule has 0 heterocycles. The Morgan fingerprint density at radius 3 is 2.62 bits per heavy atom. The summed E-state index contributed by atoms with van der Waals surface area (Å²) in [6.07, 6.45) is 3.62. The Labute approximate surface area is 130 Å². The van der Waals surface area contributed by atoms with Crippen LogP contribution in [0.1, 0.15) is 25.7 Å². The van der Waals surface area contributed by atoms with E-state index in [1.165, 1.54) is 23.1 Å². The van der Waals surface area contributed by atoms with Crippen LogP contribution in [0.4, 0.5) is 14.9 Å². The minimum absolute atomic E-state index is 0.0509. The summed E-state index contributed by atoms with van der Waals surface area (Å²) in [4.78, 5) is 24.6. The highest BCUT2D eigenvalue weighted by Crippen LogP contribution is 2.25. The Morgan fingerprint density at radius 2 is 2.05 bits per heavy atom. The monoisotopic (exact) mass is 358 g/mol. The number of nitrogens with one attached hydrogen (secondary N) is 1. The van der Waals surface area contributed by atoms with Gasteiger partial charge in [0.2, 0.25) is 0 Å². The van der Waals surface area contributed by atoms with Crippen molar-refractivity contribution in [2.75, 3.05) is 11.9 Å². The molecule has 1 saturated carbocycles. The molecule has 0 saturated heterocycles. The van der Waals surface area contributed by atoms with Crippen LogP contribution in [-0.4, -0.2) is 34.6 Å². The van der Waals surface area contributed by atoms with E-state index in [2.05, 4.69) is 21.2 Å². The molecule has 0 unspecified atom stereocenters. The van der Waals surface area contributed by atoms with Gasteiger partial charge in [0.15, 0.2) is 0 Å². The van der Waals surface area contributed by atoms with Gasteiger partial charge in [0.1, 0.15) is 12.4 Å². The number of carboxylic acid groups (broad SMARTS) is 1. The second kappa shape index (κ2) is 6.89. The number of rotatable bonds is 4. The first-order valence-electron chi connectivity index (χ1n) is 6.72. The fraction of sp³-hybridized carbons (Fsp3) is 0.429. The highest BCUT2D eigenvalue weighted by Gasteiger charge is 2.28. The maximum atomic E-state index is 13.2. The van der Waals surface area contributed by atoms with E-state index in [9.17, 15) is 14.0 Å². The van der Waals surface area contributed by atoms with E-state index < -0.39 is 17.8 Å². The molecule has 7 heteroatoms. The lowest BCUT2D eigenvalue weighted by molar-refractivity contribution is -0.138. The summed E-state index contributed by atoms with van der Waals surface area (Å²) in [5.41, 5.74) is 0.418. The number of nitrogens with zero attached hydrogens (tertiary/aromatic N) is 1. The van der Waals surface area contributed by atoms with Crippen molar-refractivity contribution in [2.24, 2.45) is 0 Å². The van der Waals surface area contributed by atoms with Crippen LogP contribution < -0.4 is 5.32 Å². The molecular weight excluding hydrogens is 343 g/mol. The number of carbonyl (C=O) groups is 2. The lowest BCUT2D eigenvalue weighted by Crippen LogP contribution is -2.44. The van der Waals surface area contributed by atoms with Crippen molar-refractivity contribution in [3.05, 3.63) is 28.5 Å². The molecule has 0 aliphatic heterocycles. The highest BCUT2D eigenvalue weighted by molar-refractivity contribution is 9.10. The van der Waals surface area contributed by atoms with Gasteiger partial charge in [0, 0.05) is 11.7 Å². The van der Waals surface area contributed by atoms with Gasteiger partial charge in [-0.1, -0.05) is 12.8 Å². The standard InChI is InChI=1S/C14H16BrFN2O3/c15-11-7-9(5-6-12(11)16)17-14(21)18(8-13(19)20)10-3-1-2-4-10/h5-7,10H,1-4,8H2,(H,17,21)(H,19,20). The SMILES string of the molecule is O=C(O)CN(C(=O)Nc1ccc(F)c(Br)c1)C1CCCC1. The van der Waals surface area contributed by atoms with Gasteiger partial charge >= 0.3 is 12.0 Å². The Bertz CT molecular complexity index is 547. The van der Waals surface area contributed by atoms with E-state index in [1.807, 2.05) is 0 Å². The first kappa shape index (κ1) is 15.8. The summed E-state index contributed by atoms with van der Waals surface area (Å²) in [6, 6.07) is 3.59. The molecule has 1 fully saturated rings. The highest BCUT2D eigenvalue weighted by atomic mass is 79.9. The maximum absolute atomic E-state index is 13.2. The number of anilines is 1. The number of aliphatic carboxylic acids is 1. The first-order chi connectivity index (χ1) is 9.97. The average molecular weight is 359 g/mol. The van der Waals surface area contributed by atoms with Gasteiger partial charge in [0.25, 0.3) is 0 Å². The van der Waals surface area contributed by atoms with Crippen molar-refractivity contribution in [1.29, 1.82) is 0 Å². The third-order valence-electron chi connectivity index (χ3n) is 3.50. The van der Waals surface area contributed by atoms with Gasteiger partial charge in [-0.15, -0.1) is 0 Å². The zero-order chi connectivity index (χ0) is 15.4. The lowest BCUT2D eigenvalue weighted by atomic mass is 10.2. The molecule has 2 rings (SSSR count). The molecule has 0 atom stereocenters. The minimum Gasteiger partial charge on any atom is -0.480 e. The normalized spacial score (nSPS) is 15.0. The van der Waals surface area contributed by atoms with Crippen LogP contribution in [0.3, 0.4) is 0 Å². The van der Waals surface area contributed by atoms with E-state index in [4.69, 9.17) is 5.11 Å². The van der Waals surface area contributed by atoms with E-state index in [1.54, 1.807) is 0 Å². The summed E-state index contributed by atoms with van der Waals surface area (Å²) < 4.78 is 13.4.